The van der Waals surface area contributed by atoms with E-state index < -0.39 is 0 Å². The lowest BCUT2D eigenvalue weighted by Gasteiger charge is -2.41. The van der Waals surface area contributed by atoms with Gasteiger partial charge in [-0.15, -0.1) is 0 Å². The maximum Gasteiger partial charge on any atom is 0.166 e. The number of hydrogen-bond donors (Lipinski definition) is 1. The zero-order chi connectivity index (χ0) is 14.1. The molecule has 2 aliphatic heterocycles. The van der Waals surface area contributed by atoms with Gasteiger partial charge in [-0.1, -0.05) is 18.2 Å². The molecule has 6 rings (SSSR count). The van der Waals surface area contributed by atoms with Crippen LogP contribution in [0.1, 0.15) is 24.5 Å². The molecule has 5 atom stereocenters. The van der Waals surface area contributed by atoms with Gasteiger partial charge in [0.2, 0.25) is 0 Å². The molecule has 2 unspecified atom stereocenters. The van der Waals surface area contributed by atoms with E-state index in [-0.39, 0.29) is 11.5 Å². The number of phenols is 1. The van der Waals surface area contributed by atoms with Crippen molar-refractivity contribution in [2.24, 2.45) is 0 Å². The van der Waals surface area contributed by atoms with Crippen molar-refractivity contribution in [1.29, 1.82) is 0 Å². The smallest absolute Gasteiger partial charge is 0.166 e. The molecule has 3 aliphatic carbocycles. The molecule has 0 radical (unpaired) electrons. The van der Waals surface area contributed by atoms with Crippen molar-refractivity contribution in [3.05, 3.63) is 46.6 Å². The molecule has 2 heterocycles. The Morgan fingerprint density at radius 1 is 1.33 bits per heavy atom. The molecule has 106 valence electrons. The van der Waals surface area contributed by atoms with Gasteiger partial charge in [0.15, 0.2) is 11.5 Å². The first-order valence-corrected chi connectivity index (χ1v) is 7.73. The first-order chi connectivity index (χ1) is 10.1. The van der Waals surface area contributed by atoms with Gasteiger partial charge < -0.3 is 9.84 Å². The summed E-state index contributed by atoms with van der Waals surface area (Å²) >= 11 is 0. The van der Waals surface area contributed by atoms with Crippen LogP contribution in [0.2, 0.25) is 0 Å². The topological polar surface area (TPSA) is 32.5 Å². The highest BCUT2D eigenvalue weighted by atomic mass is 16.5. The molecule has 2 bridgehead atoms. The van der Waals surface area contributed by atoms with Crippen molar-refractivity contribution >= 4 is 0 Å². The summed E-state index contributed by atoms with van der Waals surface area (Å²) in [5.41, 5.74) is 5.77. The first-order valence-electron chi connectivity index (χ1n) is 7.73. The predicted octanol–water partition coefficient (Wildman–Crippen LogP) is 2.29. The summed E-state index contributed by atoms with van der Waals surface area (Å²) in [4.78, 5) is 2.53. The van der Waals surface area contributed by atoms with Gasteiger partial charge in [0.25, 0.3) is 0 Å². The number of ether oxygens (including phenoxy) is 1. The van der Waals surface area contributed by atoms with Crippen LogP contribution in [0.3, 0.4) is 0 Å². The Balaban J connectivity index is 1.76. The third-order valence-electron chi connectivity index (χ3n) is 6.71. The number of likely N-dealkylation sites (N-methyl/N-ethyl adjacent to an activating group) is 1. The highest BCUT2D eigenvalue weighted by Crippen LogP contribution is 2.73. The van der Waals surface area contributed by atoms with E-state index in [4.69, 9.17) is 4.74 Å². The van der Waals surface area contributed by atoms with Crippen LogP contribution in [0.4, 0.5) is 0 Å². The van der Waals surface area contributed by atoms with Crippen LogP contribution >= 0.6 is 0 Å². The van der Waals surface area contributed by atoms with Crippen molar-refractivity contribution in [2.75, 3.05) is 7.05 Å². The minimum absolute atomic E-state index is 0.00231. The molecule has 1 saturated carbocycles. The number of phenolic OH excluding ortho intramolecular Hbond substituents is 1. The van der Waals surface area contributed by atoms with Gasteiger partial charge >= 0.3 is 0 Å². The van der Waals surface area contributed by atoms with Crippen LogP contribution in [0.25, 0.3) is 0 Å². The van der Waals surface area contributed by atoms with E-state index in [0.29, 0.717) is 17.3 Å². The Bertz CT molecular complexity index is 808. The van der Waals surface area contributed by atoms with E-state index in [2.05, 4.69) is 37.1 Å². The van der Waals surface area contributed by atoms with Crippen LogP contribution < -0.4 is 4.74 Å². The van der Waals surface area contributed by atoms with Gasteiger partial charge in [-0.3, -0.25) is 4.90 Å². The third kappa shape index (κ3) is 0.852. The van der Waals surface area contributed by atoms with Crippen molar-refractivity contribution in [3.63, 3.8) is 0 Å². The summed E-state index contributed by atoms with van der Waals surface area (Å²) < 4.78 is 6.29. The fraction of sp³-hybridized carbons (Fsp3) is 0.444. The van der Waals surface area contributed by atoms with E-state index in [1.165, 1.54) is 22.3 Å². The molecule has 2 fully saturated rings. The Kier molecular flexibility index (Phi) is 1.44. The molecule has 3 nitrogen and oxygen atoms in total. The number of piperidine rings is 1. The SMILES string of the molecule is CC1=CC=C2[C@@H]3N(C)[C@@]34Cc3ccc(O)c5c3[C@@]2(C4)C1O5. The monoisotopic (exact) mass is 279 g/mol. The number of nitrogens with zero attached hydrogens (tertiary/aromatic N) is 1. The number of benzene rings is 1. The molecule has 1 saturated heterocycles. The van der Waals surface area contributed by atoms with Gasteiger partial charge in [-0.25, -0.2) is 0 Å². The average Bonchev–Trinajstić information content (AvgIpc) is 2.82. The Morgan fingerprint density at radius 2 is 2.19 bits per heavy atom. The molecule has 2 spiro atoms. The lowest BCUT2D eigenvalue weighted by Crippen LogP contribution is -2.46. The Labute approximate surface area is 123 Å². The lowest BCUT2D eigenvalue weighted by molar-refractivity contribution is 0.170. The fourth-order valence-electron chi connectivity index (χ4n) is 5.91. The molecular formula is C18H17NO2. The summed E-state index contributed by atoms with van der Waals surface area (Å²) in [5, 5.41) is 10.3. The van der Waals surface area contributed by atoms with Gasteiger partial charge in [0, 0.05) is 11.1 Å². The zero-order valence-corrected chi connectivity index (χ0v) is 12.2. The average molecular weight is 279 g/mol. The third-order valence-corrected chi connectivity index (χ3v) is 6.71. The summed E-state index contributed by atoms with van der Waals surface area (Å²) in [6, 6.07) is 4.49. The molecule has 0 amide bonds. The summed E-state index contributed by atoms with van der Waals surface area (Å²) in [6.45, 7) is 2.16. The van der Waals surface area contributed by atoms with Crippen LogP contribution in [-0.4, -0.2) is 34.7 Å². The maximum absolute atomic E-state index is 10.3. The molecular weight excluding hydrogens is 262 g/mol. The second-order valence-electron chi connectivity index (χ2n) is 7.42. The van der Waals surface area contributed by atoms with E-state index in [1.807, 2.05) is 6.07 Å². The van der Waals surface area contributed by atoms with Gasteiger partial charge in [0.05, 0.1) is 11.5 Å². The van der Waals surface area contributed by atoms with E-state index in [9.17, 15) is 5.11 Å². The van der Waals surface area contributed by atoms with Crippen molar-refractivity contribution < 1.29 is 9.84 Å². The minimum Gasteiger partial charge on any atom is -0.504 e. The normalized spacial score (nSPS) is 46.3. The predicted molar refractivity (Wildman–Crippen MR) is 78.6 cm³/mol. The number of likely N-dealkylation sites (tertiary alicyclic amines) is 1. The first kappa shape index (κ1) is 10.9. The minimum atomic E-state index is -0.00231. The number of aromatic hydroxyl groups is 1. The molecule has 0 aromatic heterocycles. The molecule has 21 heavy (non-hydrogen) atoms. The fourth-order valence-corrected chi connectivity index (χ4v) is 5.91. The maximum atomic E-state index is 10.3. The zero-order valence-electron chi connectivity index (χ0n) is 12.2. The highest BCUT2D eigenvalue weighted by molar-refractivity contribution is 5.72. The lowest BCUT2D eigenvalue weighted by atomic mass is 9.63. The van der Waals surface area contributed by atoms with Crippen LogP contribution in [0.5, 0.6) is 11.5 Å². The largest absolute Gasteiger partial charge is 0.504 e. The highest BCUT2D eigenvalue weighted by Gasteiger charge is 2.79. The van der Waals surface area contributed by atoms with Gasteiger partial charge in [0.1, 0.15) is 6.10 Å². The van der Waals surface area contributed by atoms with Gasteiger partial charge in [-0.05, 0) is 49.6 Å². The second-order valence-corrected chi connectivity index (χ2v) is 7.42. The summed E-state index contributed by atoms with van der Waals surface area (Å²) in [7, 11) is 2.25. The Hall–Kier alpha value is -1.74. The second kappa shape index (κ2) is 2.78. The van der Waals surface area contributed by atoms with Crippen molar-refractivity contribution in [2.45, 2.75) is 42.9 Å². The number of allylic oxidation sites excluding steroid dienone is 2. The summed E-state index contributed by atoms with van der Waals surface area (Å²) in [6.07, 6.45) is 6.86. The summed E-state index contributed by atoms with van der Waals surface area (Å²) in [5.74, 6) is 1.05. The molecule has 5 aliphatic rings. The van der Waals surface area contributed by atoms with E-state index in [1.54, 1.807) is 0 Å². The van der Waals surface area contributed by atoms with E-state index in [0.717, 1.165) is 18.6 Å². The van der Waals surface area contributed by atoms with Crippen LogP contribution in [0.15, 0.2) is 35.4 Å². The Morgan fingerprint density at radius 3 is 3.05 bits per heavy atom. The molecule has 1 aromatic carbocycles. The number of fused-ring (bicyclic) bond motifs is 1. The van der Waals surface area contributed by atoms with Crippen molar-refractivity contribution in [1.82, 2.24) is 4.90 Å². The van der Waals surface area contributed by atoms with E-state index >= 15 is 0 Å². The molecule has 3 heteroatoms. The van der Waals surface area contributed by atoms with Crippen LogP contribution in [0, 0.1) is 0 Å². The van der Waals surface area contributed by atoms with Crippen molar-refractivity contribution in [3.8, 4) is 11.5 Å². The number of hydrogen-bond acceptors (Lipinski definition) is 3. The standard InChI is InChI=1S/C18H17NO2/c1-9-3-5-11-15-17(19(15)2)7-10-4-6-12(20)14-13(10)18(11,8-17)16(9)21-14/h3-6,15-16,20H,7-8H2,1-2H3/t15-,16?,17+,18-,19?/m0/s1. The van der Waals surface area contributed by atoms with Crippen LogP contribution in [-0.2, 0) is 11.8 Å². The van der Waals surface area contributed by atoms with Gasteiger partial charge in [-0.2, -0.15) is 0 Å². The molecule has 1 aromatic rings. The number of rotatable bonds is 0. The quantitative estimate of drug-likeness (QED) is 0.740. The molecule has 1 N–H and O–H groups in total.